The molecule has 0 atom stereocenters. The Kier molecular flexibility index (Phi) is 4.81. The summed E-state index contributed by atoms with van der Waals surface area (Å²) < 4.78 is 0. The predicted molar refractivity (Wildman–Crippen MR) is 91.1 cm³/mol. The van der Waals surface area contributed by atoms with E-state index in [1.807, 2.05) is 43.3 Å². The van der Waals surface area contributed by atoms with E-state index in [0.29, 0.717) is 12.1 Å². The van der Waals surface area contributed by atoms with Crippen LogP contribution in [0.15, 0.2) is 42.6 Å². The van der Waals surface area contributed by atoms with E-state index in [1.165, 1.54) is 0 Å². The van der Waals surface area contributed by atoms with Crippen molar-refractivity contribution in [3.63, 3.8) is 0 Å². The summed E-state index contributed by atoms with van der Waals surface area (Å²) in [5.41, 5.74) is 2.83. The third-order valence-electron chi connectivity index (χ3n) is 3.16. The molecule has 2 rings (SSSR count). The summed E-state index contributed by atoms with van der Waals surface area (Å²) in [4.78, 5) is 16.4. The van der Waals surface area contributed by atoms with Crippen LogP contribution in [0.3, 0.4) is 0 Å². The van der Waals surface area contributed by atoms with Crippen LogP contribution in [-0.4, -0.2) is 16.4 Å². The minimum Gasteiger partial charge on any atom is -0.365 e. The van der Waals surface area contributed by atoms with Crippen LogP contribution < -0.4 is 10.6 Å². The molecule has 0 fully saturated rings. The average Bonchev–Trinajstić information content (AvgIpc) is 2.42. The molecule has 1 heterocycles. The van der Waals surface area contributed by atoms with Gasteiger partial charge in [-0.05, 0) is 51.0 Å². The molecule has 4 heteroatoms. The van der Waals surface area contributed by atoms with Gasteiger partial charge < -0.3 is 10.6 Å². The van der Waals surface area contributed by atoms with Gasteiger partial charge in [0.2, 0.25) is 5.91 Å². The highest BCUT2D eigenvalue weighted by molar-refractivity contribution is 5.92. The molecular formula is C18H23N3O. The number of nitrogens with one attached hydrogen (secondary N) is 2. The summed E-state index contributed by atoms with van der Waals surface area (Å²) in [6, 6.07) is 11.6. The highest BCUT2D eigenvalue weighted by atomic mass is 16.1. The largest absolute Gasteiger partial charge is 0.365 e. The van der Waals surface area contributed by atoms with E-state index in [1.54, 1.807) is 6.20 Å². The van der Waals surface area contributed by atoms with Gasteiger partial charge in [-0.1, -0.05) is 24.3 Å². The van der Waals surface area contributed by atoms with Crippen molar-refractivity contribution in [2.24, 2.45) is 0 Å². The number of carbonyl (C=O) groups is 1. The van der Waals surface area contributed by atoms with Crippen molar-refractivity contribution < 1.29 is 4.79 Å². The molecule has 0 spiro atoms. The van der Waals surface area contributed by atoms with Crippen LogP contribution in [0.5, 0.6) is 0 Å². The first-order valence-electron chi connectivity index (χ1n) is 7.42. The van der Waals surface area contributed by atoms with E-state index in [-0.39, 0.29) is 11.4 Å². The van der Waals surface area contributed by atoms with Gasteiger partial charge in [0, 0.05) is 5.54 Å². The first-order chi connectivity index (χ1) is 10.3. The first kappa shape index (κ1) is 16.0. The first-order valence-corrected chi connectivity index (χ1v) is 7.42. The Balaban J connectivity index is 1.96. The molecule has 22 heavy (non-hydrogen) atoms. The van der Waals surface area contributed by atoms with Gasteiger partial charge in [-0.25, -0.2) is 4.98 Å². The third-order valence-corrected chi connectivity index (χ3v) is 3.16. The highest BCUT2D eigenvalue weighted by Gasteiger charge is 2.10. The van der Waals surface area contributed by atoms with E-state index in [9.17, 15) is 4.79 Å². The van der Waals surface area contributed by atoms with Gasteiger partial charge in [-0.2, -0.15) is 0 Å². The molecule has 2 N–H and O–H groups in total. The Labute approximate surface area is 132 Å². The van der Waals surface area contributed by atoms with Crippen molar-refractivity contribution in [2.45, 2.75) is 39.7 Å². The van der Waals surface area contributed by atoms with Gasteiger partial charge in [-0.3, -0.25) is 4.79 Å². The van der Waals surface area contributed by atoms with Crippen molar-refractivity contribution in [1.82, 2.24) is 4.98 Å². The minimum atomic E-state index is -0.0391. The minimum absolute atomic E-state index is 0.0346. The number of pyridine rings is 1. The number of anilines is 2. The summed E-state index contributed by atoms with van der Waals surface area (Å²) in [7, 11) is 0. The molecule has 4 nitrogen and oxygen atoms in total. The van der Waals surface area contributed by atoms with Crippen LogP contribution in [0, 0.1) is 6.92 Å². The average molecular weight is 297 g/mol. The van der Waals surface area contributed by atoms with Crippen molar-refractivity contribution >= 4 is 17.4 Å². The van der Waals surface area contributed by atoms with Crippen LogP contribution in [0.25, 0.3) is 0 Å². The zero-order valence-electron chi connectivity index (χ0n) is 13.6. The van der Waals surface area contributed by atoms with E-state index >= 15 is 0 Å². The fraction of sp³-hybridized carbons (Fsp3) is 0.333. The molecule has 1 aromatic carbocycles. The number of hydrogen-bond acceptors (Lipinski definition) is 3. The number of benzene rings is 1. The molecule has 1 aromatic heterocycles. The van der Waals surface area contributed by atoms with Crippen LogP contribution in [-0.2, 0) is 11.2 Å². The predicted octanol–water partition coefficient (Wildman–Crippen LogP) is 3.78. The number of amides is 1. The molecule has 0 aliphatic heterocycles. The lowest BCUT2D eigenvalue weighted by Crippen LogP contribution is -2.26. The van der Waals surface area contributed by atoms with Gasteiger partial charge in [0.15, 0.2) is 0 Å². The summed E-state index contributed by atoms with van der Waals surface area (Å²) >= 11 is 0. The van der Waals surface area contributed by atoms with Crippen LogP contribution in [0.2, 0.25) is 0 Å². The van der Waals surface area contributed by atoms with Gasteiger partial charge in [-0.15, -0.1) is 0 Å². The van der Waals surface area contributed by atoms with E-state index in [0.717, 1.165) is 16.9 Å². The Morgan fingerprint density at radius 3 is 2.45 bits per heavy atom. The number of aryl methyl sites for hydroxylation is 1. The Morgan fingerprint density at radius 1 is 1.14 bits per heavy atom. The van der Waals surface area contributed by atoms with Crippen LogP contribution >= 0.6 is 0 Å². The van der Waals surface area contributed by atoms with Gasteiger partial charge >= 0.3 is 0 Å². The second-order valence-corrected chi connectivity index (χ2v) is 6.46. The van der Waals surface area contributed by atoms with E-state index in [2.05, 4.69) is 36.4 Å². The van der Waals surface area contributed by atoms with Gasteiger partial charge in [0.05, 0.1) is 18.3 Å². The number of nitrogens with zero attached hydrogens (tertiary/aromatic N) is 1. The zero-order valence-corrected chi connectivity index (χ0v) is 13.6. The maximum atomic E-state index is 12.1. The second kappa shape index (κ2) is 6.60. The monoisotopic (exact) mass is 297 g/mol. The molecule has 0 saturated heterocycles. The quantitative estimate of drug-likeness (QED) is 0.903. The van der Waals surface area contributed by atoms with Crippen molar-refractivity contribution in [3.05, 3.63) is 53.7 Å². The molecule has 0 unspecified atom stereocenters. The maximum Gasteiger partial charge on any atom is 0.228 e. The number of rotatable bonds is 4. The molecule has 0 bridgehead atoms. The highest BCUT2D eigenvalue weighted by Crippen LogP contribution is 2.15. The van der Waals surface area contributed by atoms with Gasteiger partial charge in [0.25, 0.3) is 0 Å². The lowest BCUT2D eigenvalue weighted by Gasteiger charge is -2.21. The molecule has 1 amide bonds. The van der Waals surface area contributed by atoms with Crippen LogP contribution in [0.1, 0.15) is 31.9 Å². The lowest BCUT2D eigenvalue weighted by molar-refractivity contribution is -0.115. The number of carbonyl (C=O) groups excluding carboxylic acids is 1. The molecule has 0 aliphatic carbocycles. The molecular weight excluding hydrogens is 274 g/mol. The SMILES string of the molecule is Cc1ccccc1CC(=O)Nc1ccc(NC(C)(C)C)nc1. The molecule has 2 aromatic rings. The Bertz CT molecular complexity index is 642. The standard InChI is InChI=1S/C18H23N3O/c1-13-7-5-6-8-14(13)11-17(22)20-15-9-10-16(19-12-15)21-18(2,3)4/h5-10,12H,11H2,1-4H3,(H,19,21)(H,20,22). The van der Waals surface area contributed by atoms with Gasteiger partial charge in [0.1, 0.15) is 5.82 Å². The normalized spacial score (nSPS) is 11.1. The smallest absolute Gasteiger partial charge is 0.228 e. The summed E-state index contributed by atoms with van der Waals surface area (Å²) in [5.74, 6) is 0.761. The molecule has 0 aliphatic rings. The topological polar surface area (TPSA) is 54.0 Å². The number of aromatic nitrogens is 1. The third kappa shape index (κ3) is 4.88. The molecule has 116 valence electrons. The Morgan fingerprint density at radius 2 is 1.86 bits per heavy atom. The lowest BCUT2D eigenvalue weighted by atomic mass is 10.1. The Hall–Kier alpha value is -2.36. The maximum absolute atomic E-state index is 12.1. The molecule has 0 saturated carbocycles. The van der Waals surface area contributed by atoms with Crippen molar-refractivity contribution in [1.29, 1.82) is 0 Å². The summed E-state index contributed by atoms with van der Waals surface area (Å²) in [6.45, 7) is 8.24. The zero-order chi connectivity index (χ0) is 16.2. The summed E-state index contributed by atoms with van der Waals surface area (Å²) in [5, 5.41) is 6.16. The summed E-state index contributed by atoms with van der Waals surface area (Å²) in [6.07, 6.45) is 2.04. The van der Waals surface area contributed by atoms with E-state index in [4.69, 9.17) is 0 Å². The second-order valence-electron chi connectivity index (χ2n) is 6.46. The number of hydrogen-bond donors (Lipinski definition) is 2. The van der Waals surface area contributed by atoms with Crippen molar-refractivity contribution in [3.8, 4) is 0 Å². The fourth-order valence-corrected chi connectivity index (χ4v) is 2.11. The molecule has 0 radical (unpaired) electrons. The van der Waals surface area contributed by atoms with Crippen LogP contribution in [0.4, 0.5) is 11.5 Å². The van der Waals surface area contributed by atoms with E-state index < -0.39 is 0 Å². The van der Waals surface area contributed by atoms with Crippen molar-refractivity contribution in [2.75, 3.05) is 10.6 Å². The fourth-order valence-electron chi connectivity index (χ4n) is 2.11.